The Morgan fingerprint density at radius 3 is 2.62 bits per heavy atom. The van der Waals surface area contributed by atoms with Crippen LogP contribution in [0.3, 0.4) is 0 Å². The average Bonchev–Trinajstić information content (AvgIpc) is 2.19. The fourth-order valence-corrected chi connectivity index (χ4v) is 2.34. The van der Waals surface area contributed by atoms with E-state index in [1.807, 2.05) is 40.8 Å². The zero-order chi connectivity index (χ0) is 9.68. The van der Waals surface area contributed by atoms with E-state index in [4.69, 9.17) is 5.11 Å². The van der Waals surface area contributed by atoms with E-state index >= 15 is 0 Å². The molecule has 0 spiro atoms. The summed E-state index contributed by atoms with van der Waals surface area (Å²) >= 11 is 1.97. The van der Waals surface area contributed by atoms with Crippen molar-refractivity contribution in [3.8, 4) is 0 Å². The van der Waals surface area contributed by atoms with Crippen molar-refractivity contribution in [3.63, 3.8) is 0 Å². The minimum absolute atomic E-state index is 0.0564. The average molecular weight is 308 g/mol. The maximum atomic E-state index is 11.5. The highest BCUT2D eigenvalue weighted by Crippen LogP contribution is 2.12. The lowest BCUT2D eigenvalue weighted by atomic mass is 10.4. The summed E-state index contributed by atoms with van der Waals surface area (Å²) in [4.78, 5) is 0.755. The van der Waals surface area contributed by atoms with Gasteiger partial charge in [-0.1, -0.05) is 18.2 Å². The fraction of sp³-hybridized carbons (Fsp3) is 0.111. The molecule has 0 aromatic heterocycles. The molecule has 1 aromatic carbocycles. The number of halogens is 1. The predicted molar refractivity (Wildman–Crippen MR) is 62.0 cm³/mol. The molecule has 1 N–H and O–H groups in total. The highest BCUT2D eigenvalue weighted by molar-refractivity contribution is 14.1. The van der Waals surface area contributed by atoms with Crippen LogP contribution in [0.1, 0.15) is 0 Å². The third-order valence-corrected chi connectivity index (χ3v) is 3.67. The van der Waals surface area contributed by atoms with Crippen LogP contribution in [-0.4, -0.2) is 15.9 Å². The molecule has 0 amide bonds. The molecule has 0 fully saturated rings. The van der Waals surface area contributed by atoms with Gasteiger partial charge >= 0.3 is 0 Å². The van der Waals surface area contributed by atoms with Crippen LogP contribution in [0, 0.1) is 0 Å². The lowest BCUT2D eigenvalue weighted by Crippen LogP contribution is -1.88. The van der Waals surface area contributed by atoms with E-state index in [0.717, 1.165) is 4.90 Å². The smallest absolute Gasteiger partial charge is 0.0784 e. The van der Waals surface area contributed by atoms with Gasteiger partial charge in [0.2, 0.25) is 0 Å². The van der Waals surface area contributed by atoms with E-state index in [1.54, 1.807) is 17.5 Å². The van der Waals surface area contributed by atoms with Crippen LogP contribution >= 0.6 is 22.6 Å². The maximum absolute atomic E-state index is 11.5. The molecule has 0 heterocycles. The van der Waals surface area contributed by atoms with Crippen LogP contribution in [0.4, 0.5) is 0 Å². The predicted octanol–water partition coefficient (Wildman–Crippen LogP) is 2.06. The number of aliphatic hydroxyl groups excluding tert-OH is 1. The monoisotopic (exact) mass is 308 g/mol. The largest absolute Gasteiger partial charge is 0.391 e. The molecule has 0 saturated carbocycles. The zero-order valence-electron chi connectivity index (χ0n) is 6.81. The molecule has 0 bridgehead atoms. The van der Waals surface area contributed by atoms with Crippen molar-refractivity contribution < 1.29 is 9.32 Å². The van der Waals surface area contributed by atoms with E-state index in [1.165, 1.54) is 0 Å². The summed E-state index contributed by atoms with van der Waals surface area (Å²) in [5, 5.41) is 10.3. The normalized spacial score (nSPS) is 14.2. The van der Waals surface area contributed by atoms with Gasteiger partial charge in [-0.2, -0.15) is 0 Å². The second-order valence-corrected chi connectivity index (χ2v) is 5.02. The summed E-state index contributed by atoms with van der Waals surface area (Å²) in [6.07, 6.45) is 0. The van der Waals surface area contributed by atoms with E-state index < -0.39 is 10.8 Å². The first kappa shape index (κ1) is 10.9. The molecule has 0 radical (unpaired) electrons. The molecule has 1 atom stereocenters. The quantitative estimate of drug-likeness (QED) is 0.868. The third kappa shape index (κ3) is 3.58. The molecular weight excluding hydrogens is 299 g/mol. The first-order chi connectivity index (χ1) is 6.24. The molecule has 0 aliphatic carbocycles. The molecule has 0 aliphatic rings. The minimum Gasteiger partial charge on any atom is -0.391 e. The fourth-order valence-electron chi connectivity index (χ4n) is 0.776. The lowest BCUT2D eigenvalue weighted by molar-refractivity contribution is 0.341. The lowest BCUT2D eigenvalue weighted by Gasteiger charge is -1.96. The highest BCUT2D eigenvalue weighted by atomic mass is 127. The molecule has 0 saturated heterocycles. The van der Waals surface area contributed by atoms with Crippen molar-refractivity contribution in [3.05, 3.63) is 39.3 Å². The van der Waals surface area contributed by atoms with E-state index in [0.29, 0.717) is 3.58 Å². The Morgan fingerprint density at radius 2 is 2.08 bits per heavy atom. The van der Waals surface area contributed by atoms with E-state index in [2.05, 4.69) is 0 Å². The highest BCUT2D eigenvalue weighted by Gasteiger charge is 1.99. The summed E-state index contributed by atoms with van der Waals surface area (Å²) in [5.74, 6) is 0. The molecule has 70 valence electrons. The standard InChI is InChI=1S/C9H9IO2S/c10-8(6-11)7-13(12)9-4-2-1-3-5-9/h1-5,7,11H,6H2/b8-7+/t13-/m1/s1. The minimum atomic E-state index is -1.14. The summed E-state index contributed by atoms with van der Waals surface area (Å²) in [6.45, 7) is -0.0564. The molecular formula is C9H9IO2S. The Balaban J connectivity index is 2.81. The summed E-state index contributed by atoms with van der Waals surface area (Å²) in [7, 11) is -1.14. The number of aliphatic hydroxyl groups is 1. The van der Waals surface area contributed by atoms with Gasteiger partial charge < -0.3 is 5.11 Å². The molecule has 1 aromatic rings. The first-order valence-corrected chi connectivity index (χ1v) is 5.96. The Hall–Kier alpha value is -0.200. The molecule has 1 rings (SSSR count). The zero-order valence-corrected chi connectivity index (χ0v) is 9.79. The SMILES string of the molecule is O=[S@](/C=C(/I)CO)c1ccccc1. The van der Waals surface area contributed by atoms with Gasteiger partial charge in [0.15, 0.2) is 0 Å². The van der Waals surface area contributed by atoms with Crippen molar-refractivity contribution in [2.24, 2.45) is 0 Å². The molecule has 0 aliphatic heterocycles. The van der Waals surface area contributed by atoms with Crippen molar-refractivity contribution in [2.75, 3.05) is 6.61 Å². The van der Waals surface area contributed by atoms with Crippen LogP contribution in [0.5, 0.6) is 0 Å². The van der Waals surface area contributed by atoms with Gasteiger partial charge in [-0.05, 0) is 34.7 Å². The van der Waals surface area contributed by atoms with Gasteiger partial charge in [-0.3, -0.25) is 0 Å². The number of hydrogen-bond donors (Lipinski definition) is 1. The van der Waals surface area contributed by atoms with Crippen LogP contribution < -0.4 is 0 Å². The second-order valence-electron chi connectivity index (χ2n) is 2.33. The number of benzene rings is 1. The summed E-state index contributed by atoms with van der Waals surface area (Å²) < 4.78 is 12.2. The first-order valence-electron chi connectivity index (χ1n) is 3.66. The Bertz CT molecular complexity index is 322. The van der Waals surface area contributed by atoms with Gasteiger partial charge in [0.1, 0.15) is 0 Å². The van der Waals surface area contributed by atoms with Gasteiger partial charge in [-0.15, -0.1) is 0 Å². The number of rotatable bonds is 3. The van der Waals surface area contributed by atoms with Crippen molar-refractivity contribution in [1.29, 1.82) is 0 Å². The van der Waals surface area contributed by atoms with Crippen molar-refractivity contribution >= 4 is 33.4 Å². The summed E-state index contributed by atoms with van der Waals surface area (Å²) in [5.41, 5.74) is 0. The van der Waals surface area contributed by atoms with Gasteiger partial charge in [0, 0.05) is 13.9 Å². The molecule has 13 heavy (non-hydrogen) atoms. The van der Waals surface area contributed by atoms with Crippen LogP contribution in [0.2, 0.25) is 0 Å². The van der Waals surface area contributed by atoms with E-state index in [9.17, 15) is 4.21 Å². The Labute approximate surface area is 93.3 Å². The Morgan fingerprint density at radius 1 is 1.46 bits per heavy atom. The number of hydrogen-bond acceptors (Lipinski definition) is 2. The van der Waals surface area contributed by atoms with Gasteiger partial charge in [0.25, 0.3) is 0 Å². The third-order valence-electron chi connectivity index (χ3n) is 1.36. The maximum Gasteiger partial charge on any atom is 0.0784 e. The van der Waals surface area contributed by atoms with E-state index in [-0.39, 0.29) is 6.61 Å². The van der Waals surface area contributed by atoms with Crippen molar-refractivity contribution in [1.82, 2.24) is 0 Å². The summed E-state index contributed by atoms with van der Waals surface area (Å²) in [6, 6.07) is 9.16. The van der Waals surface area contributed by atoms with Crippen molar-refractivity contribution in [2.45, 2.75) is 4.90 Å². The Kier molecular flexibility index (Phi) is 4.61. The van der Waals surface area contributed by atoms with Crippen LogP contribution in [0.15, 0.2) is 44.2 Å². The van der Waals surface area contributed by atoms with Crippen LogP contribution in [-0.2, 0) is 10.8 Å². The second kappa shape index (κ2) is 5.51. The molecule has 2 nitrogen and oxygen atoms in total. The topological polar surface area (TPSA) is 37.3 Å². The molecule has 0 unspecified atom stereocenters. The van der Waals surface area contributed by atoms with Gasteiger partial charge in [-0.25, -0.2) is 4.21 Å². The molecule has 4 heteroatoms. The van der Waals surface area contributed by atoms with Crippen LogP contribution in [0.25, 0.3) is 0 Å². The van der Waals surface area contributed by atoms with Gasteiger partial charge in [0.05, 0.1) is 17.4 Å².